The Labute approximate surface area is 105 Å². The molecule has 88 valence electrons. The second-order valence-electron chi connectivity index (χ2n) is 3.26. The smallest absolute Gasteiger partial charge is 0.305 e. The number of aryl methyl sites for hydroxylation is 1. The predicted molar refractivity (Wildman–Crippen MR) is 61.0 cm³/mol. The molecule has 0 fully saturated rings. The molecule has 0 bridgehead atoms. The third-order valence-corrected chi connectivity index (χ3v) is 2.47. The van der Waals surface area contributed by atoms with Crippen LogP contribution < -0.4 is 0 Å². The van der Waals surface area contributed by atoms with E-state index in [0.29, 0.717) is 5.82 Å². The second kappa shape index (κ2) is 5.00. The van der Waals surface area contributed by atoms with E-state index in [2.05, 4.69) is 36.4 Å². The molecule has 2 rings (SSSR count). The number of nitrogens with zero attached hydrogens (tertiary/aromatic N) is 5. The van der Waals surface area contributed by atoms with Gasteiger partial charge in [0.1, 0.15) is 0 Å². The number of carbonyl (C=O) groups is 1. The molecule has 1 N–H and O–H groups in total. The first-order valence-electron chi connectivity index (χ1n) is 4.75. The molecule has 2 heterocycles. The van der Waals surface area contributed by atoms with E-state index in [9.17, 15) is 4.79 Å². The van der Waals surface area contributed by atoms with Crippen LogP contribution in [0, 0.1) is 0 Å². The second-order valence-corrected chi connectivity index (χ2v) is 4.18. The molecule has 0 aliphatic carbocycles. The fraction of sp³-hybridized carbons (Fsp3) is 0.222. The van der Waals surface area contributed by atoms with E-state index < -0.39 is 5.97 Å². The Hall–Kier alpha value is -1.83. The van der Waals surface area contributed by atoms with Crippen LogP contribution in [0.15, 0.2) is 22.9 Å². The van der Waals surface area contributed by atoms with Crippen LogP contribution in [-0.4, -0.2) is 36.3 Å². The molecular formula is C9H8BrN5O2. The van der Waals surface area contributed by atoms with Crippen LogP contribution in [0.3, 0.4) is 0 Å². The Morgan fingerprint density at radius 3 is 3.00 bits per heavy atom. The normalized spacial score (nSPS) is 10.4. The molecule has 0 atom stereocenters. The van der Waals surface area contributed by atoms with Gasteiger partial charge in [0.25, 0.3) is 0 Å². The summed E-state index contributed by atoms with van der Waals surface area (Å²) in [6.07, 6.45) is 3.24. The molecule has 0 aromatic carbocycles. The van der Waals surface area contributed by atoms with Crippen LogP contribution in [0.5, 0.6) is 0 Å². The van der Waals surface area contributed by atoms with Crippen LogP contribution in [0.4, 0.5) is 0 Å². The number of hydrogen-bond donors (Lipinski definition) is 1. The standard InChI is InChI=1S/C9H8BrN5O2/c10-7-3-6(4-11-5-7)9-12-13-14-15(9)2-1-8(16)17/h3-5H,1-2H2,(H,16,17). The lowest BCUT2D eigenvalue weighted by Gasteiger charge is -2.02. The van der Waals surface area contributed by atoms with Crippen molar-refractivity contribution in [2.45, 2.75) is 13.0 Å². The van der Waals surface area contributed by atoms with E-state index in [1.165, 1.54) is 4.68 Å². The highest BCUT2D eigenvalue weighted by Crippen LogP contribution is 2.18. The fourth-order valence-corrected chi connectivity index (χ4v) is 1.66. The molecule has 17 heavy (non-hydrogen) atoms. The fourth-order valence-electron chi connectivity index (χ4n) is 1.30. The van der Waals surface area contributed by atoms with Crippen LogP contribution in [-0.2, 0) is 11.3 Å². The van der Waals surface area contributed by atoms with Crippen molar-refractivity contribution in [3.05, 3.63) is 22.9 Å². The molecule has 2 aromatic heterocycles. The Bertz CT molecular complexity index is 542. The molecule has 7 nitrogen and oxygen atoms in total. The van der Waals surface area contributed by atoms with Crippen molar-refractivity contribution < 1.29 is 9.90 Å². The minimum absolute atomic E-state index is 0.0283. The summed E-state index contributed by atoms with van der Waals surface area (Å²) >= 11 is 3.30. The molecule has 2 aromatic rings. The van der Waals surface area contributed by atoms with Crippen LogP contribution in [0.1, 0.15) is 6.42 Å². The first-order chi connectivity index (χ1) is 8.16. The van der Waals surface area contributed by atoms with Gasteiger partial charge in [-0.1, -0.05) is 0 Å². The lowest BCUT2D eigenvalue weighted by atomic mass is 10.2. The summed E-state index contributed by atoms with van der Waals surface area (Å²) < 4.78 is 2.25. The summed E-state index contributed by atoms with van der Waals surface area (Å²) in [5.74, 6) is -0.390. The number of pyridine rings is 1. The van der Waals surface area contributed by atoms with Crippen LogP contribution >= 0.6 is 15.9 Å². The Morgan fingerprint density at radius 1 is 1.47 bits per heavy atom. The summed E-state index contributed by atoms with van der Waals surface area (Å²) in [5, 5.41) is 19.7. The van der Waals surface area contributed by atoms with E-state index in [1.807, 2.05) is 6.07 Å². The van der Waals surface area contributed by atoms with Gasteiger partial charge in [0.05, 0.1) is 13.0 Å². The van der Waals surface area contributed by atoms with Gasteiger partial charge in [0.15, 0.2) is 5.82 Å². The maximum Gasteiger partial charge on any atom is 0.305 e. The van der Waals surface area contributed by atoms with E-state index in [0.717, 1.165) is 10.0 Å². The first kappa shape index (κ1) is 11.6. The minimum Gasteiger partial charge on any atom is -0.481 e. The number of carboxylic acid groups (broad SMARTS) is 1. The third-order valence-electron chi connectivity index (χ3n) is 2.03. The van der Waals surface area contributed by atoms with Crippen molar-refractivity contribution >= 4 is 21.9 Å². The number of carboxylic acids is 1. The summed E-state index contributed by atoms with van der Waals surface area (Å²) in [5.41, 5.74) is 0.731. The van der Waals surface area contributed by atoms with E-state index in [4.69, 9.17) is 5.11 Å². The zero-order chi connectivity index (χ0) is 12.3. The Morgan fingerprint density at radius 2 is 2.29 bits per heavy atom. The summed E-state index contributed by atoms with van der Waals surface area (Å²) in [6, 6.07) is 1.82. The van der Waals surface area contributed by atoms with Crippen molar-refractivity contribution in [1.29, 1.82) is 0 Å². The number of tetrazole rings is 1. The third kappa shape index (κ3) is 2.84. The van der Waals surface area contributed by atoms with Gasteiger partial charge in [-0.25, -0.2) is 4.68 Å². The maximum atomic E-state index is 10.5. The van der Waals surface area contributed by atoms with Gasteiger partial charge in [-0.3, -0.25) is 9.78 Å². The average molecular weight is 298 g/mol. The molecule has 0 unspecified atom stereocenters. The SMILES string of the molecule is O=C(O)CCn1nnnc1-c1cncc(Br)c1. The van der Waals surface area contributed by atoms with Gasteiger partial charge in [0, 0.05) is 22.4 Å². The summed E-state index contributed by atoms with van der Waals surface area (Å²) in [6.45, 7) is 0.226. The molecule has 0 aliphatic rings. The molecule has 0 aliphatic heterocycles. The van der Waals surface area contributed by atoms with E-state index in [-0.39, 0.29) is 13.0 Å². The van der Waals surface area contributed by atoms with Gasteiger partial charge in [-0.15, -0.1) is 5.10 Å². The highest BCUT2D eigenvalue weighted by atomic mass is 79.9. The lowest BCUT2D eigenvalue weighted by molar-refractivity contribution is -0.137. The predicted octanol–water partition coefficient (Wildman–Crippen LogP) is 0.972. The largest absolute Gasteiger partial charge is 0.481 e. The molecular weight excluding hydrogens is 290 g/mol. The van der Waals surface area contributed by atoms with Crippen molar-refractivity contribution in [2.24, 2.45) is 0 Å². The van der Waals surface area contributed by atoms with Gasteiger partial charge in [-0.2, -0.15) is 0 Å². The number of aromatic nitrogens is 5. The minimum atomic E-state index is -0.890. The van der Waals surface area contributed by atoms with E-state index >= 15 is 0 Å². The number of hydrogen-bond acceptors (Lipinski definition) is 5. The maximum absolute atomic E-state index is 10.5. The number of rotatable bonds is 4. The number of aliphatic carboxylic acids is 1. The number of halogens is 1. The molecule has 0 saturated carbocycles. The van der Waals surface area contributed by atoms with Gasteiger partial charge < -0.3 is 5.11 Å². The van der Waals surface area contributed by atoms with Crippen LogP contribution in [0.25, 0.3) is 11.4 Å². The van der Waals surface area contributed by atoms with Crippen LogP contribution in [0.2, 0.25) is 0 Å². The van der Waals surface area contributed by atoms with Gasteiger partial charge >= 0.3 is 5.97 Å². The summed E-state index contributed by atoms with van der Waals surface area (Å²) in [4.78, 5) is 14.5. The zero-order valence-electron chi connectivity index (χ0n) is 8.62. The highest BCUT2D eigenvalue weighted by Gasteiger charge is 2.10. The lowest BCUT2D eigenvalue weighted by Crippen LogP contribution is -2.07. The molecule has 0 spiro atoms. The quantitative estimate of drug-likeness (QED) is 0.904. The molecule has 0 saturated heterocycles. The zero-order valence-corrected chi connectivity index (χ0v) is 10.2. The van der Waals surface area contributed by atoms with Crippen molar-refractivity contribution in [1.82, 2.24) is 25.2 Å². The monoisotopic (exact) mass is 297 g/mol. The van der Waals surface area contributed by atoms with Gasteiger partial charge in [-0.05, 0) is 32.4 Å². The molecule has 8 heteroatoms. The van der Waals surface area contributed by atoms with Gasteiger partial charge in [0.2, 0.25) is 0 Å². The summed E-state index contributed by atoms with van der Waals surface area (Å²) in [7, 11) is 0. The van der Waals surface area contributed by atoms with Crippen molar-refractivity contribution in [3.8, 4) is 11.4 Å². The topological polar surface area (TPSA) is 93.8 Å². The Balaban J connectivity index is 2.27. The van der Waals surface area contributed by atoms with Crippen molar-refractivity contribution in [3.63, 3.8) is 0 Å². The Kier molecular flexibility index (Phi) is 3.43. The average Bonchev–Trinajstić information content (AvgIpc) is 2.74. The van der Waals surface area contributed by atoms with E-state index in [1.54, 1.807) is 12.4 Å². The highest BCUT2D eigenvalue weighted by molar-refractivity contribution is 9.10. The molecule has 0 radical (unpaired) electrons. The molecule has 0 amide bonds. The first-order valence-corrected chi connectivity index (χ1v) is 5.55. The van der Waals surface area contributed by atoms with Crippen molar-refractivity contribution in [2.75, 3.05) is 0 Å².